The maximum absolute atomic E-state index is 11.5. The van der Waals surface area contributed by atoms with Gasteiger partial charge in [0.2, 0.25) is 0 Å². The number of carbonyl (C=O) groups excluding carboxylic acids is 2. The van der Waals surface area contributed by atoms with Crippen molar-refractivity contribution < 1.29 is 19.1 Å². The third-order valence-corrected chi connectivity index (χ3v) is 3.10. The molecule has 1 heterocycles. The van der Waals surface area contributed by atoms with Crippen LogP contribution in [0.3, 0.4) is 0 Å². The summed E-state index contributed by atoms with van der Waals surface area (Å²) in [7, 11) is 0. The van der Waals surface area contributed by atoms with Crippen molar-refractivity contribution in [2.24, 2.45) is 0 Å². The molecule has 0 spiro atoms. The van der Waals surface area contributed by atoms with Gasteiger partial charge in [-0.15, -0.1) is 0 Å². The highest BCUT2D eigenvalue weighted by molar-refractivity contribution is 6.30. The fraction of sp³-hybridized carbons (Fsp3) is 0.375. The molecule has 1 aliphatic rings. The molecule has 0 bridgehead atoms. The Labute approximate surface area is 123 Å². The van der Waals surface area contributed by atoms with Gasteiger partial charge in [0.05, 0.1) is 12.1 Å². The van der Waals surface area contributed by atoms with E-state index in [1.54, 1.807) is 19.1 Å². The van der Waals surface area contributed by atoms with E-state index < -0.39 is 11.9 Å². The molecule has 112 valence electrons. The Morgan fingerprint density at radius 2 is 1.95 bits per heavy atom. The zero-order chi connectivity index (χ0) is 15.6. The van der Waals surface area contributed by atoms with Gasteiger partial charge in [0.25, 0.3) is 0 Å². The summed E-state index contributed by atoms with van der Waals surface area (Å²) in [4.78, 5) is 22.8. The maximum atomic E-state index is 11.5. The molecular formula is C16H19NO4. The Hall–Kier alpha value is -2.30. The van der Waals surface area contributed by atoms with Crippen molar-refractivity contribution in [3.8, 4) is 5.75 Å². The summed E-state index contributed by atoms with van der Waals surface area (Å²) in [6.07, 6.45) is 2.10. The van der Waals surface area contributed by atoms with E-state index in [9.17, 15) is 9.59 Å². The summed E-state index contributed by atoms with van der Waals surface area (Å²) >= 11 is 0. The van der Waals surface area contributed by atoms with Crippen LogP contribution < -0.4 is 10.1 Å². The summed E-state index contributed by atoms with van der Waals surface area (Å²) < 4.78 is 9.63. The third kappa shape index (κ3) is 3.42. The van der Waals surface area contributed by atoms with Gasteiger partial charge in [0.1, 0.15) is 5.75 Å². The highest BCUT2D eigenvalue weighted by Gasteiger charge is 2.24. The summed E-state index contributed by atoms with van der Waals surface area (Å²) in [5.41, 5.74) is 2.88. The van der Waals surface area contributed by atoms with E-state index in [2.05, 4.69) is 30.0 Å². The van der Waals surface area contributed by atoms with Crippen LogP contribution in [0.15, 0.2) is 24.3 Å². The standard InChI is InChI=1S/C16H19NO4/c1-5-20-14(18)15(19)21-11-6-7-13-12(8-11)10(2)9-16(3,4)17-13/h6-9,17H,5H2,1-4H3. The number of allylic oxidation sites excluding steroid dienone is 1. The smallest absolute Gasteiger partial charge is 0.422 e. The van der Waals surface area contributed by atoms with E-state index in [4.69, 9.17) is 4.74 Å². The Kier molecular flexibility index (Phi) is 4.02. The predicted molar refractivity (Wildman–Crippen MR) is 80.1 cm³/mol. The molecule has 0 amide bonds. The summed E-state index contributed by atoms with van der Waals surface area (Å²) in [5, 5.41) is 3.38. The highest BCUT2D eigenvalue weighted by atomic mass is 16.6. The average Bonchev–Trinajstić information content (AvgIpc) is 2.38. The molecule has 1 aromatic rings. The first-order valence-electron chi connectivity index (χ1n) is 6.83. The molecule has 0 atom stereocenters. The molecular weight excluding hydrogens is 270 g/mol. The van der Waals surface area contributed by atoms with E-state index in [0.717, 1.165) is 16.8 Å². The number of anilines is 1. The zero-order valence-electron chi connectivity index (χ0n) is 12.6. The summed E-state index contributed by atoms with van der Waals surface area (Å²) in [5.74, 6) is -1.68. The van der Waals surface area contributed by atoms with Gasteiger partial charge in [0.15, 0.2) is 0 Å². The number of nitrogens with one attached hydrogen (secondary N) is 1. The molecule has 0 fully saturated rings. The second-order valence-corrected chi connectivity index (χ2v) is 5.49. The van der Waals surface area contributed by atoms with Crippen LogP contribution in [0.4, 0.5) is 5.69 Å². The van der Waals surface area contributed by atoms with Crippen molar-refractivity contribution in [1.29, 1.82) is 0 Å². The van der Waals surface area contributed by atoms with E-state index in [1.807, 2.05) is 13.0 Å². The highest BCUT2D eigenvalue weighted by Crippen LogP contribution is 2.35. The number of fused-ring (bicyclic) bond motifs is 1. The number of esters is 2. The van der Waals surface area contributed by atoms with Gasteiger partial charge in [-0.1, -0.05) is 6.08 Å². The average molecular weight is 289 g/mol. The van der Waals surface area contributed by atoms with Gasteiger partial charge in [-0.05, 0) is 51.5 Å². The lowest BCUT2D eigenvalue weighted by atomic mass is 9.91. The molecule has 0 radical (unpaired) electrons. The fourth-order valence-electron chi connectivity index (χ4n) is 2.36. The minimum absolute atomic E-state index is 0.125. The van der Waals surface area contributed by atoms with Crippen LogP contribution in [0.5, 0.6) is 5.75 Å². The molecule has 2 rings (SSSR count). The van der Waals surface area contributed by atoms with Gasteiger partial charge >= 0.3 is 11.9 Å². The number of benzene rings is 1. The van der Waals surface area contributed by atoms with Gasteiger partial charge < -0.3 is 14.8 Å². The minimum Gasteiger partial charge on any atom is -0.458 e. The Morgan fingerprint density at radius 1 is 1.24 bits per heavy atom. The van der Waals surface area contributed by atoms with Gasteiger partial charge in [0, 0.05) is 11.3 Å². The van der Waals surface area contributed by atoms with Crippen LogP contribution in [0.2, 0.25) is 0 Å². The maximum Gasteiger partial charge on any atom is 0.422 e. The molecule has 0 saturated heterocycles. The van der Waals surface area contributed by atoms with E-state index >= 15 is 0 Å². The lowest BCUT2D eigenvalue weighted by Gasteiger charge is -2.31. The molecule has 0 aliphatic carbocycles. The second-order valence-electron chi connectivity index (χ2n) is 5.49. The Morgan fingerprint density at radius 3 is 2.62 bits per heavy atom. The summed E-state index contributed by atoms with van der Waals surface area (Å²) in [6.45, 7) is 7.92. The monoisotopic (exact) mass is 289 g/mol. The van der Waals surface area contributed by atoms with Crippen molar-refractivity contribution in [2.45, 2.75) is 33.2 Å². The van der Waals surface area contributed by atoms with Crippen LogP contribution in [-0.4, -0.2) is 24.1 Å². The first-order valence-corrected chi connectivity index (χ1v) is 6.83. The minimum atomic E-state index is -1.01. The number of ether oxygens (including phenoxy) is 2. The van der Waals surface area contributed by atoms with Crippen LogP contribution in [0.25, 0.3) is 5.57 Å². The van der Waals surface area contributed by atoms with Gasteiger partial charge in [-0.3, -0.25) is 0 Å². The Bertz CT molecular complexity index is 617. The molecule has 0 saturated carbocycles. The second kappa shape index (κ2) is 5.60. The largest absolute Gasteiger partial charge is 0.458 e. The molecule has 1 N–H and O–H groups in total. The fourth-order valence-corrected chi connectivity index (χ4v) is 2.36. The van der Waals surface area contributed by atoms with Crippen molar-refractivity contribution in [3.05, 3.63) is 29.8 Å². The topological polar surface area (TPSA) is 64.6 Å². The zero-order valence-corrected chi connectivity index (χ0v) is 12.6. The van der Waals surface area contributed by atoms with E-state index in [-0.39, 0.29) is 12.1 Å². The molecule has 5 nitrogen and oxygen atoms in total. The van der Waals surface area contributed by atoms with Crippen LogP contribution >= 0.6 is 0 Å². The molecule has 21 heavy (non-hydrogen) atoms. The van der Waals surface area contributed by atoms with Crippen molar-refractivity contribution in [3.63, 3.8) is 0 Å². The number of hydrogen-bond acceptors (Lipinski definition) is 5. The number of rotatable bonds is 2. The van der Waals surface area contributed by atoms with Crippen LogP contribution in [0.1, 0.15) is 33.3 Å². The van der Waals surface area contributed by atoms with Crippen LogP contribution in [0, 0.1) is 0 Å². The molecule has 1 aliphatic heterocycles. The number of carbonyl (C=O) groups is 2. The van der Waals surface area contributed by atoms with Gasteiger partial charge in [-0.2, -0.15) is 0 Å². The molecule has 1 aromatic carbocycles. The SMILES string of the molecule is CCOC(=O)C(=O)Oc1ccc2c(c1)C(C)=CC(C)(C)N2. The van der Waals surface area contributed by atoms with Crippen molar-refractivity contribution in [1.82, 2.24) is 0 Å². The normalized spacial score (nSPS) is 15.3. The van der Waals surface area contributed by atoms with Crippen molar-refractivity contribution in [2.75, 3.05) is 11.9 Å². The Balaban J connectivity index is 2.21. The van der Waals surface area contributed by atoms with Crippen molar-refractivity contribution >= 4 is 23.2 Å². The first-order chi connectivity index (χ1) is 9.82. The lowest BCUT2D eigenvalue weighted by molar-refractivity contribution is -0.161. The quantitative estimate of drug-likeness (QED) is 0.515. The third-order valence-electron chi connectivity index (χ3n) is 3.10. The van der Waals surface area contributed by atoms with E-state index in [1.165, 1.54) is 0 Å². The number of hydrogen-bond donors (Lipinski definition) is 1. The lowest BCUT2D eigenvalue weighted by Crippen LogP contribution is -2.31. The first kappa shape index (κ1) is 15.1. The van der Waals surface area contributed by atoms with E-state index in [0.29, 0.717) is 5.75 Å². The summed E-state index contributed by atoms with van der Waals surface area (Å²) in [6, 6.07) is 5.22. The predicted octanol–water partition coefficient (Wildman–Crippen LogP) is 2.76. The molecule has 5 heteroatoms. The molecule has 0 unspecified atom stereocenters. The molecule has 0 aromatic heterocycles. The van der Waals surface area contributed by atoms with Crippen LogP contribution in [-0.2, 0) is 14.3 Å². The van der Waals surface area contributed by atoms with Gasteiger partial charge in [-0.25, -0.2) is 9.59 Å².